The zero-order valence-electron chi connectivity index (χ0n) is 20.7. The normalized spacial score (nSPS) is 44.5. The Hall–Kier alpha value is -2.33. The van der Waals surface area contributed by atoms with E-state index in [1.807, 2.05) is 0 Å². The van der Waals surface area contributed by atoms with Crippen molar-refractivity contribution in [2.24, 2.45) is 28.6 Å². The van der Waals surface area contributed by atoms with E-state index in [4.69, 9.17) is 9.15 Å². The molecule has 9 atom stereocenters. The highest BCUT2D eigenvalue weighted by atomic mass is 32.2. The van der Waals surface area contributed by atoms with Crippen molar-refractivity contribution in [1.29, 1.82) is 0 Å². The van der Waals surface area contributed by atoms with Gasteiger partial charge in [0.25, 0.3) is 0 Å². The fraction of sp³-hybridized carbons (Fsp3) is 0.593. The van der Waals surface area contributed by atoms with Crippen LogP contribution in [0.2, 0.25) is 0 Å². The Balaban J connectivity index is 1.61. The molecule has 0 bridgehead atoms. The second kappa shape index (κ2) is 8.59. The molecule has 0 spiro atoms. The molecule has 3 saturated carbocycles. The average molecular weight is 539 g/mol. The van der Waals surface area contributed by atoms with Crippen molar-refractivity contribution in [3.8, 4) is 0 Å². The molecule has 2 unspecified atom stereocenters. The second-order valence-electron chi connectivity index (χ2n) is 11.3. The van der Waals surface area contributed by atoms with E-state index in [2.05, 4.69) is 0 Å². The molecule has 6 nitrogen and oxygen atoms in total. The maximum absolute atomic E-state index is 17.4. The number of aliphatic hydroxyl groups is 1. The Kier molecular flexibility index (Phi) is 6.10. The molecule has 5 rings (SSSR count). The summed E-state index contributed by atoms with van der Waals surface area (Å²) in [7, 11) is 0. The van der Waals surface area contributed by atoms with Gasteiger partial charge in [-0.1, -0.05) is 24.8 Å². The van der Waals surface area contributed by atoms with E-state index in [0.29, 0.717) is 11.8 Å². The lowest BCUT2D eigenvalue weighted by Gasteiger charge is -2.62. The maximum Gasteiger partial charge on any atom is 0.374 e. The lowest BCUT2D eigenvalue weighted by atomic mass is 9.45. The van der Waals surface area contributed by atoms with Gasteiger partial charge in [0, 0.05) is 11.3 Å². The van der Waals surface area contributed by atoms with Gasteiger partial charge in [0.1, 0.15) is 17.8 Å². The van der Waals surface area contributed by atoms with Gasteiger partial charge in [-0.3, -0.25) is 9.59 Å². The van der Waals surface area contributed by atoms with E-state index in [-0.39, 0.29) is 30.6 Å². The molecule has 37 heavy (non-hydrogen) atoms. The summed E-state index contributed by atoms with van der Waals surface area (Å²) in [6.45, 7) is 4.74. The summed E-state index contributed by atoms with van der Waals surface area (Å²) in [6.07, 6.45) is 1.17. The smallest absolute Gasteiger partial charge is 0.374 e. The Morgan fingerprint density at radius 3 is 2.62 bits per heavy atom. The van der Waals surface area contributed by atoms with Crippen molar-refractivity contribution in [3.05, 3.63) is 48.0 Å². The number of aliphatic hydroxyl groups excluding tert-OH is 1. The minimum atomic E-state index is -2.35. The third-order valence-electron chi connectivity index (χ3n) is 9.44. The van der Waals surface area contributed by atoms with Gasteiger partial charge in [0.05, 0.1) is 18.3 Å². The fourth-order valence-corrected chi connectivity index (χ4v) is 8.76. The van der Waals surface area contributed by atoms with Gasteiger partial charge in [-0.05, 0) is 74.3 Å². The highest BCUT2D eigenvalue weighted by molar-refractivity contribution is 8.13. The maximum atomic E-state index is 17.4. The summed E-state index contributed by atoms with van der Waals surface area (Å²) >= 11 is 0.430. The molecule has 4 aliphatic carbocycles. The number of furan rings is 1. The molecule has 4 aliphatic rings. The van der Waals surface area contributed by atoms with Crippen LogP contribution in [0.3, 0.4) is 0 Å². The second-order valence-corrected chi connectivity index (χ2v) is 12.2. The summed E-state index contributed by atoms with van der Waals surface area (Å²) in [5.74, 6) is -4.21. The number of thioether (sulfide) groups is 1. The molecule has 1 heterocycles. The third kappa shape index (κ3) is 3.54. The summed E-state index contributed by atoms with van der Waals surface area (Å²) in [5.41, 5.74) is -6.55. The van der Waals surface area contributed by atoms with E-state index >= 15 is 8.78 Å². The first-order valence-electron chi connectivity index (χ1n) is 12.3. The van der Waals surface area contributed by atoms with E-state index in [1.54, 1.807) is 13.8 Å². The lowest BCUT2D eigenvalue weighted by molar-refractivity contribution is -0.201. The molecule has 0 saturated heterocycles. The van der Waals surface area contributed by atoms with Crippen molar-refractivity contribution >= 4 is 28.6 Å². The molecular weight excluding hydrogens is 509 g/mol. The number of ether oxygens (including phenoxy) is 1. The minimum Gasteiger partial charge on any atom is -0.457 e. The van der Waals surface area contributed by atoms with Crippen LogP contribution >= 0.6 is 11.8 Å². The van der Waals surface area contributed by atoms with Gasteiger partial charge >= 0.3 is 5.97 Å². The van der Waals surface area contributed by atoms with Gasteiger partial charge in [0.2, 0.25) is 5.76 Å². The monoisotopic (exact) mass is 538 g/mol. The van der Waals surface area contributed by atoms with Crippen LogP contribution in [0.1, 0.15) is 50.6 Å². The zero-order chi connectivity index (χ0) is 27.0. The Morgan fingerprint density at radius 2 is 1.97 bits per heavy atom. The molecule has 3 fully saturated rings. The van der Waals surface area contributed by atoms with Gasteiger partial charge in [-0.15, -0.1) is 0 Å². The lowest BCUT2D eigenvalue weighted by Crippen LogP contribution is -2.68. The third-order valence-corrected chi connectivity index (χ3v) is 10.1. The molecule has 0 aromatic carbocycles. The molecule has 0 amide bonds. The predicted molar refractivity (Wildman–Crippen MR) is 129 cm³/mol. The van der Waals surface area contributed by atoms with Crippen LogP contribution in [0.4, 0.5) is 13.2 Å². The Bertz CT molecular complexity index is 1200. The van der Waals surface area contributed by atoms with Gasteiger partial charge in [-0.25, -0.2) is 18.0 Å². The number of hydrogen-bond donors (Lipinski definition) is 1. The highest BCUT2D eigenvalue weighted by Gasteiger charge is 2.76. The number of rotatable bonds is 4. The van der Waals surface area contributed by atoms with Gasteiger partial charge in [-0.2, -0.15) is 0 Å². The number of esters is 1. The van der Waals surface area contributed by atoms with E-state index in [0.717, 1.165) is 6.08 Å². The number of hydrogen-bond acceptors (Lipinski definition) is 7. The topological polar surface area (TPSA) is 93.8 Å². The fourth-order valence-electron chi connectivity index (χ4n) is 7.97. The number of alkyl halides is 3. The predicted octanol–water partition coefficient (Wildman–Crippen LogP) is 4.93. The first-order valence-corrected chi connectivity index (χ1v) is 13.3. The first-order chi connectivity index (χ1) is 17.3. The van der Waals surface area contributed by atoms with Crippen molar-refractivity contribution in [1.82, 2.24) is 0 Å². The average Bonchev–Trinajstić information content (AvgIpc) is 3.42. The quantitative estimate of drug-likeness (QED) is 0.544. The van der Waals surface area contributed by atoms with Crippen molar-refractivity contribution < 1.29 is 41.8 Å². The molecular formula is C27H29F3O6S. The van der Waals surface area contributed by atoms with Crippen molar-refractivity contribution in [3.63, 3.8) is 0 Å². The van der Waals surface area contributed by atoms with E-state index in [1.165, 1.54) is 37.5 Å². The van der Waals surface area contributed by atoms with Crippen LogP contribution in [0.25, 0.3) is 0 Å². The van der Waals surface area contributed by atoms with Crippen LogP contribution in [0, 0.1) is 28.6 Å². The SMILES string of the molecule is C[C@]12C[C@H](O)[C@@]3(F)C(C[C@H](F)C4=CC(=O)C=C[C@@]43C)C1C[C@](C)(OC(=O)c1ccco1)[C@@H]2C(=O)SCF. The number of halogens is 3. The van der Waals surface area contributed by atoms with Gasteiger partial charge < -0.3 is 14.3 Å². The standard InChI is InChI=1S/C27H29F3O6S/c1-24-12-20(32)27(30)15(10-18(29)16-9-14(31)6-7-25(16,27)2)17(24)11-26(3,21(24)23(34)37-13-28)36-22(33)19-5-4-8-35-19/h4-9,15,17-18,20-21,32H,10-13H2,1-3H3/t15?,17?,18-,20-,21+,24-,25-,26-,27-/m0/s1. The molecule has 1 aromatic heterocycles. The summed E-state index contributed by atoms with van der Waals surface area (Å²) in [6, 6.07) is 1.90. The van der Waals surface area contributed by atoms with Crippen LogP contribution in [0.15, 0.2) is 46.6 Å². The van der Waals surface area contributed by atoms with Crippen LogP contribution in [-0.4, -0.2) is 51.5 Å². The Morgan fingerprint density at radius 1 is 1.24 bits per heavy atom. The van der Waals surface area contributed by atoms with E-state index in [9.17, 15) is 23.9 Å². The first kappa shape index (κ1) is 26.3. The molecule has 0 aliphatic heterocycles. The van der Waals surface area contributed by atoms with Crippen LogP contribution < -0.4 is 0 Å². The summed E-state index contributed by atoms with van der Waals surface area (Å²) < 4.78 is 57.3. The number of carbonyl (C=O) groups is 3. The molecule has 0 radical (unpaired) electrons. The summed E-state index contributed by atoms with van der Waals surface area (Å²) in [4.78, 5) is 38.2. The Labute approximate surface area is 216 Å². The van der Waals surface area contributed by atoms with Crippen molar-refractivity contribution in [2.75, 3.05) is 6.01 Å². The minimum absolute atomic E-state index is 0.00670. The van der Waals surface area contributed by atoms with Gasteiger partial charge in [0.15, 0.2) is 16.6 Å². The largest absolute Gasteiger partial charge is 0.457 e. The molecule has 10 heteroatoms. The number of ketones is 1. The number of allylic oxidation sites excluding steroid dienone is 4. The zero-order valence-corrected chi connectivity index (χ0v) is 21.5. The van der Waals surface area contributed by atoms with Crippen LogP contribution in [0.5, 0.6) is 0 Å². The highest BCUT2D eigenvalue weighted by Crippen LogP contribution is 2.71. The van der Waals surface area contributed by atoms with E-state index < -0.39 is 75.0 Å². The molecule has 1 N–H and O–H groups in total. The number of carbonyl (C=O) groups excluding carboxylic acids is 3. The molecule has 200 valence electrons. The summed E-state index contributed by atoms with van der Waals surface area (Å²) in [5, 5.41) is 10.8. The van der Waals surface area contributed by atoms with Crippen molar-refractivity contribution in [2.45, 2.75) is 63.6 Å². The van der Waals surface area contributed by atoms with Crippen LogP contribution in [-0.2, 0) is 14.3 Å². The molecule has 1 aromatic rings. The number of fused-ring (bicyclic) bond motifs is 5.